The van der Waals surface area contributed by atoms with E-state index >= 15 is 0 Å². The minimum absolute atomic E-state index is 0.254. The number of aromatic amines is 1. The third kappa shape index (κ3) is 3.42. The topological polar surface area (TPSA) is 85.1 Å². The maximum atomic E-state index is 14.1. The van der Waals surface area contributed by atoms with Crippen LogP contribution in [-0.2, 0) is 5.75 Å². The number of benzene rings is 1. The average molecular weight is 473 g/mol. The zero-order valence-corrected chi connectivity index (χ0v) is 16.0. The number of hydrogen-bond donors (Lipinski definition) is 1. The molecule has 3 rings (SSSR count). The van der Waals surface area contributed by atoms with E-state index in [0.717, 1.165) is 0 Å². The molecule has 1 aromatic carbocycles. The van der Waals surface area contributed by atoms with Crippen molar-refractivity contribution in [3.05, 3.63) is 49.2 Å². The van der Waals surface area contributed by atoms with Crippen molar-refractivity contribution in [1.82, 2.24) is 10.2 Å². The number of thioether (sulfide) groups is 2. The summed E-state index contributed by atoms with van der Waals surface area (Å²) >= 11 is 4.46. The van der Waals surface area contributed by atoms with Crippen LogP contribution in [0.4, 0.5) is 10.1 Å². The fourth-order valence-electron chi connectivity index (χ4n) is 2.03. The Bertz CT molecular complexity index is 940. The lowest BCUT2D eigenvalue weighted by molar-refractivity contribution is 0.615. The summed E-state index contributed by atoms with van der Waals surface area (Å²) < 4.78 is 15.4. The molecule has 24 heavy (non-hydrogen) atoms. The average Bonchev–Trinajstić information content (AvgIpc) is 2.54. The third-order valence-corrected chi connectivity index (χ3v) is 6.03. The molecule has 10 heteroatoms. The van der Waals surface area contributed by atoms with E-state index in [1.807, 2.05) is 28.7 Å². The van der Waals surface area contributed by atoms with E-state index in [1.165, 1.54) is 35.8 Å². The van der Waals surface area contributed by atoms with E-state index in [9.17, 15) is 14.4 Å². The molecule has 2 heterocycles. The van der Waals surface area contributed by atoms with Crippen molar-refractivity contribution in [2.45, 2.75) is 10.6 Å². The van der Waals surface area contributed by atoms with Crippen molar-refractivity contribution in [1.29, 1.82) is 5.26 Å². The molecule has 0 fully saturated rings. The highest BCUT2D eigenvalue weighted by molar-refractivity contribution is 14.1. The van der Waals surface area contributed by atoms with Crippen molar-refractivity contribution in [2.24, 2.45) is 5.10 Å². The van der Waals surface area contributed by atoms with Gasteiger partial charge in [-0.3, -0.25) is 9.80 Å². The second-order valence-electron chi connectivity index (χ2n) is 4.72. The van der Waals surface area contributed by atoms with Crippen LogP contribution >= 0.6 is 46.1 Å². The van der Waals surface area contributed by atoms with Gasteiger partial charge in [-0.1, -0.05) is 23.5 Å². The molecule has 0 radical (unpaired) electrons. The third-order valence-electron chi connectivity index (χ3n) is 3.18. The van der Waals surface area contributed by atoms with E-state index in [-0.39, 0.29) is 11.3 Å². The van der Waals surface area contributed by atoms with Gasteiger partial charge in [-0.25, -0.2) is 9.49 Å². The smallest absolute Gasteiger partial charge is 0.267 e. The van der Waals surface area contributed by atoms with E-state index < -0.39 is 5.82 Å². The maximum absolute atomic E-state index is 14.1. The highest BCUT2D eigenvalue weighted by Gasteiger charge is 2.22. The van der Waals surface area contributed by atoms with Gasteiger partial charge in [-0.05, 0) is 34.7 Å². The summed E-state index contributed by atoms with van der Waals surface area (Å²) in [5, 5.41) is 21.2. The summed E-state index contributed by atoms with van der Waals surface area (Å²) in [5.41, 5.74) is 0.967. The number of hydrogen-bond acceptors (Lipinski definition) is 7. The monoisotopic (exact) mass is 473 g/mol. The molecule has 6 nitrogen and oxygen atoms in total. The van der Waals surface area contributed by atoms with Crippen molar-refractivity contribution >= 4 is 56.2 Å². The highest BCUT2D eigenvalue weighted by atomic mass is 127. The molecule has 1 N–H and O–H groups in total. The fraction of sp³-hybridized carbons (Fsp3) is 0.143. The lowest BCUT2D eigenvalue weighted by Crippen LogP contribution is -2.22. The van der Waals surface area contributed by atoms with Crippen LogP contribution in [0.15, 0.2) is 33.1 Å². The lowest BCUT2D eigenvalue weighted by atomic mass is 10.1. The van der Waals surface area contributed by atoms with Crippen molar-refractivity contribution in [3.8, 4) is 6.07 Å². The molecular formula is C14H9FIN5OS2. The van der Waals surface area contributed by atoms with Crippen LogP contribution in [0.2, 0.25) is 0 Å². The lowest BCUT2D eigenvalue weighted by Gasteiger charge is -2.22. The van der Waals surface area contributed by atoms with Crippen molar-refractivity contribution in [2.75, 3.05) is 12.1 Å². The van der Waals surface area contributed by atoms with E-state index in [0.29, 0.717) is 29.7 Å². The Balaban J connectivity index is 1.83. The Hall–Kier alpha value is -1.58. The number of nitriles is 1. The number of H-pyrrole nitrogens is 1. The Kier molecular flexibility index (Phi) is 5.12. The molecule has 1 aliphatic rings. The number of halogens is 2. The molecule has 0 unspecified atom stereocenters. The van der Waals surface area contributed by atoms with Crippen LogP contribution in [-0.4, -0.2) is 21.6 Å². The van der Waals surface area contributed by atoms with Crippen molar-refractivity contribution < 1.29 is 4.39 Å². The standard InChI is InChI=1S/C14H9FIN5OS2/c1-21-11-5-18-19-13(22)12(11)24-14(20-21)23-6-9-7(4-17)2-8(16)3-10(9)15/h2-3,5H,6H2,1H3,(H,19,22). The second kappa shape index (κ2) is 7.12. The van der Waals surface area contributed by atoms with Crippen LogP contribution in [0, 0.1) is 20.7 Å². The van der Waals surface area contributed by atoms with Gasteiger partial charge in [0, 0.05) is 21.9 Å². The van der Waals surface area contributed by atoms with E-state index in [4.69, 9.17) is 0 Å². The van der Waals surface area contributed by atoms with Gasteiger partial charge >= 0.3 is 0 Å². The van der Waals surface area contributed by atoms with Gasteiger partial charge in [0.2, 0.25) is 0 Å². The number of fused-ring (bicyclic) bond motifs is 1. The molecule has 0 atom stereocenters. The maximum Gasteiger partial charge on any atom is 0.280 e. The molecule has 1 aliphatic heterocycles. The summed E-state index contributed by atoms with van der Waals surface area (Å²) in [7, 11) is 1.71. The largest absolute Gasteiger partial charge is 0.280 e. The summed E-state index contributed by atoms with van der Waals surface area (Å²) in [4.78, 5) is 12.4. The molecule has 0 saturated heterocycles. The Labute approximate surface area is 158 Å². The summed E-state index contributed by atoms with van der Waals surface area (Å²) in [6.45, 7) is 0. The van der Waals surface area contributed by atoms with Crippen LogP contribution in [0.3, 0.4) is 0 Å². The first-order chi connectivity index (χ1) is 11.5. The first-order valence-corrected chi connectivity index (χ1v) is 9.46. The molecule has 0 saturated carbocycles. The molecular weight excluding hydrogens is 464 g/mol. The number of rotatable bonds is 2. The summed E-state index contributed by atoms with van der Waals surface area (Å²) in [5.74, 6) is -0.160. The van der Waals surface area contributed by atoms with Crippen LogP contribution in [0.1, 0.15) is 11.1 Å². The number of nitrogens with one attached hydrogen (secondary N) is 1. The van der Waals surface area contributed by atoms with E-state index in [1.54, 1.807) is 18.1 Å². The van der Waals surface area contributed by atoms with Gasteiger partial charge in [0.05, 0.1) is 23.5 Å². The van der Waals surface area contributed by atoms with Gasteiger partial charge < -0.3 is 0 Å². The van der Waals surface area contributed by atoms with Crippen LogP contribution < -0.4 is 10.6 Å². The highest BCUT2D eigenvalue weighted by Crippen LogP contribution is 2.36. The quantitative estimate of drug-likeness (QED) is 0.675. The van der Waals surface area contributed by atoms with Crippen molar-refractivity contribution in [3.63, 3.8) is 0 Å². The zero-order valence-electron chi connectivity index (χ0n) is 12.2. The van der Waals surface area contributed by atoms with E-state index in [2.05, 4.69) is 15.3 Å². The fourth-order valence-corrected chi connectivity index (χ4v) is 4.79. The number of aromatic nitrogens is 2. The Morgan fingerprint density at radius 2 is 2.33 bits per heavy atom. The Morgan fingerprint density at radius 1 is 1.54 bits per heavy atom. The minimum Gasteiger partial charge on any atom is -0.267 e. The number of hydrazone groups is 1. The SMILES string of the molecule is CN1N=C(SCc2c(F)cc(I)cc2C#N)Sc2c1cn[nH]c2=O. The number of nitrogens with zero attached hydrogens (tertiary/aromatic N) is 4. The molecule has 0 aliphatic carbocycles. The first kappa shape index (κ1) is 17.2. The molecule has 122 valence electrons. The van der Waals surface area contributed by atoms with Crippen LogP contribution in [0.25, 0.3) is 0 Å². The Morgan fingerprint density at radius 3 is 3.08 bits per heavy atom. The summed E-state index contributed by atoms with van der Waals surface area (Å²) in [6, 6.07) is 5.06. The van der Waals surface area contributed by atoms with Gasteiger partial charge in [-0.15, -0.1) is 0 Å². The van der Waals surface area contributed by atoms with Gasteiger partial charge in [0.1, 0.15) is 10.7 Å². The zero-order chi connectivity index (χ0) is 17.3. The minimum atomic E-state index is -0.414. The number of anilines is 1. The predicted molar refractivity (Wildman–Crippen MR) is 102 cm³/mol. The normalized spacial score (nSPS) is 13.2. The van der Waals surface area contributed by atoms with Gasteiger partial charge in [-0.2, -0.15) is 15.5 Å². The van der Waals surface area contributed by atoms with Gasteiger partial charge in [0.15, 0.2) is 4.38 Å². The molecule has 0 bridgehead atoms. The van der Waals surface area contributed by atoms with Gasteiger partial charge in [0.25, 0.3) is 5.56 Å². The molecule has 0 spiro atoms. The molecule has 2 aromatic rings. The predicted octanol–water partition coefficient (Wildman–Crippen LogP) is 3.13. The summed E-state index contributed by atoms with van der Waals surface area (Å²) in [6.07, 6.45) is 1.53. The second-order valence-corrected chi connectivity index (χ2v) is 8.19. The molecule has 1 aromatic heterocycles. The molecule has 0 amide bonds. The van der Waals surface area contributed by atoms with Crippen LogP contribution in [0.5, 0.6) is 0 Å². The first-order valence-electron chi connectivity index (χ1n) is 6.58.